The molecule has 0 aliphatic carbocycles. The van der Waals surface area contributed by atoms with Crippen molar-refractivity contribution in [2.75, 3.05) is 33.8 Å². The van der Waals surface area contributed by atoms with Crippen molar-refractivity contribution in [3.05, 3.63) is 130 Å². The first-order valence-electron chi connectivity index (χ1n) is 16.6. The number of halogens is 4. The maximum absolute atomic E-state index is 14.7. The first-order chi connectivity index (χ1) is 24.8. The van der Waals surface area contributed by atoms with Crippen molar-refractivity contribution in [1.29, 1.82) is 0 Å². The monoisotopic (exact) mass is 718 g/mol. The van der Waals surface area contributed by atoms with Crippen molar-refractivity contribution >= 4 is 22.7 Å². The Morgan fingerprint density at radius 1 is 0.981 bits per heavy atom. The van der Waals surface area contributed by atoms with E-state index in [-0.39, 0.29) is 43.4 Å². The summed E-state index contributed by atoms with van der Waals surface area (Å²) in [7, 11) is 3.49. The molecule has 0 aliphatic heterocycles. The van der Waals surface area contributed by atoms with E-state index >= 15 is 0 Å². The van der Waals surface area contributed by atoms with Crippen molar-refractivity contribution in [2.45, 2.75) is 38.5 Å². The Hall–Kier alpha value is -5.63. The standard InChI is InChI=1S/C38H38F4N6O4/c1-4-52-28-14-12-27(13-15-28)48-36(45-32-10-6-5-9-29(32)37(48)51)33(17-19-44-34(49)24-46(2)3)47(23-26-8-7-18-43-22-26)35(50)21-25-11-16-30(31(39)20-25)38(40,41)42/h5-16,18,20,22,33H,4,17,19,21,23-24H2,1-3H3,(H,44,49)/t33-/m1/s1. The van der Waals surface area contributed by atoms with Crippen LogP contribution in [0.5, 0.6) is 5.75 Å². The number of aromatic nitrogens is 3. The van der Waals surface area contributed by atoms with Gasteiger partial charge in [-0.05, 0) is 93.2 Å². The molecule has 2 amide bonds. The van der Waals surface area contributed by atoms with Gasteiger partial charge in [0, 0.05) is 25.5 Å². The van der Waals surface area contributed by atoms with Crippen LogP contribution < -0.4 is 15.6 Å². The molecular formula is C38H38F4N6O4. The second-order valence-electron chi connectivity index (χ2n) is 12.3. The minimum absolute atomic E-state index is 0.0140. The number of pyridine rings is 1. The number of fused-ring (bicyclic) bond motifs is 1. The number of ether oxygens (including phenoxy) is 1. The third-order valence-electron chi connectivity index (χ3n) is 8.17. The predicted octanol–water partition coefficient (Wildman–Crippen LogP) is 5.72. The van der Waals surface area contributed by atoms with Gasteiger partial charge in [0.1, 0.15) is 17.4 Å². The van der Waals surface area contributed by atoms with Crippen LogP contribution in [-0.4, -0.2) is 69.9 Å². The quantitative estimate of drug-likeness (QED) is 0.147. The van der Waals surface area contributed by atoms with Crippen LogP contribution in [0.4, 0.5) is 17.6 Å². The Morgan fingerprint density at radius 2 is 1.73 bits per heavy atom. The minimum Gasteiger partial charge on any atom is -0.494 e. The molecule has 2 heterocycles. The fourth-order valence-electron chi connectivity index (χ4n) is 5.83. The van der Waals surface area contributed by atoms with Crippen LogP contribution in [0.25, 0.3) is 16.6 Å². The Kier molecular flexibility index (Phi) is 12.0. The highest BCUT2D eigenvalue weighted by atomic mass is 19.4. The van der Waals surface area contributed by atoms with Gasteiger partial charge in [0.25, 0.3) is 5.56 Å². The lowest BCUT2D eigenvalue weighted by Gasteiger charge is -2.33. The molecule has 0 bridgehead atoms. The third kappa shape index (κ3) is 9.18. The first kappa shape index (κ1) is 37.6. The zero-order chi connectivity index (χ0) is 37.4. The number of benzene rings is 3. The Morgan fingerprint density at radius 3 is 2.38 bits per heavy atom. The molecule has 0 saturated carbocycles. The van der Waals surface area contributed by atoms with Gasteiger partial charge in [0.2, 0.25) is 11.8 Å². The maximum atomic E-state index is 14.7. The fraction of sp³-hybridized carbons (Fsp3) is 0.289. The molecule has 0 radical (unpaired) electrons. The summed E-state index contributed by atoms with van der Waals surface area (Å²) in [5.74, 6) is -1.62. The lowest BCUT2D eigenvalue weighted by molar-refractivity contribution is -0.140. The predicted molar refractivity (Wildman–Crippen MR) is 187 cm³/mol. The Labute approximate surface area is 297 Å². The highest BCUT2D eigenvalue weighted by Gasteiger charge is 2.35. The van der Waals surface area contributed by atoms with Gasteiger partial charge in [-0.3, -0.25) is 23.9 Å². The second-order valence-corrected chi connectivity index (χ2v) is 12.3. The van der Waals surface area contributed by atoms with Crippen molar-refractivity contribution in [2.24, 2.45) is 0 Å². The van der Waals surface area contributed by atoms with Crippen molar-refractivity contribution in [3.63, 3.8) is 0 Å². The van der Waals surface area contributed by atoms with Crippen LogP contribution in [-0.2, 0) is 28.7 Å². The molecule has 272 valence electrons. The number of carbonyl (C=O) groups is 2. The Bertz CT molecular complexity index is 2070. The van der Waals surface area contributed by atoms with Crippen molar-refractivity contribution < 1.29 is 31.9 Å². The van der Waals surface area contributed by atoms with E-state index in [0.29, 0.717) is 46.6 Å². The zero-order valence-corrected chi connectivity index (χ0v) is 28.9. The van der Waals surface area contributed by atoms with Gasteiger partial charge in [-0.15, -0.1) is 0 Å². The summed E-state index contributed by atoms with van der Waals surface area (Å²) in [6.45, 7) is 2.39. The number of likely N-dealkylation sites (N-methyl/N-ethyl adjacent to an activating group) is 1. The summed E-state index contributed by atoms with van der Waals surface area (Å²) in [4.78, 5) is 53.7. The summed E-state index contributed by atoms with van der Waals surface area (Å²) in [5, 5.41) is 3.19. The largest absolute Gasteiger partial charge is 0.494 e. The lowest BCUT2D eigenvalue weighted by atomic mass is 10.0. The molecule has 14 heteroatoms. The van der Waals surface area contributed by atoms with E-state index in [0.717, 1.165) is 6.07 Å². The summed E-state index contributed by atoms with van der Waals surface area (Å²) in [5.41, 5.74) is -0.439. The molecule has 0 fully saturated rings. The van der Waals surface area contributed by atoms with Gasteiger partial charge >= 0.3 is 6.18 Å². The zero-order valence-electron chi connectivity index (χ0n) is 28.9. The summed E-state index contributed by atoms with van der Waals surface area (Å²) in [6, 6.07) is 18.4. The molecule has 5 rings (SSSR count). The average Bonchev–Trinajstić information content (AvgIpc) is 3.09. The molecule has 10 nitrogen and oxygen atoms in total. The minimum atomic E-state index is -4.91. The van der Waals surface area contributed by atoms with E-state index in [4.69, 9.17) is 9.72 Å². The fourth-order valence-corrected chi connectivity index (χ4v) is 5.83. The van der Waals surface area contributed by atoms with Crippen LogP contribution in [0.3, 0.4) is 0 Å². The van der Waals surface area contributed by atoms with Gasteiger partial charge in [-0.1, -0.05) is 24.3 Å². The molecule has 52 heavy (non-hydrogen) atoms. The summed E-state index contributed by atoms with van der Waals surface area (Å²) >= 11 is 0. The summed E-state index contributed by atoms with van der Waals surface area (Å²) in [6.07, 6.45) is -2.18. The highest BCUT2D eigenvalue weighted by Crippen LogP contribution is 2.33. The van der Waals surface area contributed by atoms with E-state index in [1.165, 1.54) is 9.47 Å². The van der Waals surface area contributed by atoms with E-state index < -0.39 is 41.5 Å². The maximum Gasteiger partial charge on any atom is 0.419 e. The number of nitrogens with one attached hydrogen (secondary N) is 1. The number of amides is 2. The van der Waals surface area contributed by atoms with Gasteiger partial charge in [-0.2, -0.15) is 13.2 Å². The molecule has 5 aromatic rings. The normalized spacial score (nSPS) is 12.2. The smallest absolute Gasteiger partial charge is 0.419 e. The van der Waals surface area contributed by atoms with Crippen LogP contribution in [0, 0.1) is 5.82 Å². The molecule has 1 atom stereocenters. The van der Waals surface area contributed by atoms with Crippen LogP contribution in [0.1, 0.15) is 41.9 Å². The second kappa shape index (κ2) is 16.6. The molecule has 0 spiro atoms. The number of nitrogens with zero attached hydrogens (tertiary/aromatic N) is 5. The molecule has 0 unspecified atom stereocenters. The van der Waals surface area contributed by atoms with Gasteiger partial charge in [0.15, 0.2) is 0 Å². The number of hydrogen-bond donors (Lipinski definition) is 1. The lowest BCUT2D eigenvalue weighted by Crippen LogP contribution is -2.41. The van der Waals surface area contributed by atoms with Crippen LogP contribution in [0.2, 0.25) is 0 Å². The number of hydrogen-bond acceptors (Lipinski definition) is 7. The number of para-hydroxylation sites is 1. The molecule has 2 aromatic heterocycles. The van der Waals surface area contributed by atoms with Gasteiger partial charge in [-0.25, -0.2) is 9.37 Å². The van der Waals surface area contributed by atoms with Crippen molar-refractivity contribution in [3.8, 4) is 11.4 Å². The molecule has 3 aromatic carbocycles. The molecule has 0 aliphatic rings. The number of rotatable bonds is 14. The van der Waals surface area contributed by atoms with E-state index in [2.05, 4.69) is 10.3 Å². The number of alkyl halides is 3. The third-order valence-corrected chi connectivity index (χ3v) is 8.17. The Balaban J connectivity index is 1.67. The SMILES string of the molecule is CCOc1ccc(-n2c([C@@H](CCNC(=O)CN(C)C)N(Cc3cccnc3)C(=O)Cc3ccc(C(F)(F)F)c(F)c3)nc3ccccc3c2=O)cc1. The van der Waals surface area contributed by atoms with Gasteiger partial charge in [0.05, 0.1) is 47.8 Å². The van der Waals surface area contributed by atoms with Crippen LogP contribution >= 0.6 is 0 Å². The van der Waals surface area contributed by atoms with Crippen LogP contribution in [0.15, 0.2) is 96.1 Å². The number of carbonyl (C=O) groups excluding carboxylic acids is 2. The van der Waals surface area contributed by atoms with Crippen molar-refractivity contribution in [1.82, 2.24) is 29.7 Å². The molecule has 0 saturated heterocycles. The van der Waals surface area contributed by atoms with E-state index in [1.807, 2.05) is 6.92 Å². The highest BCUT2D eigenvalue weighted by molar-refractivity contribution is 5.81. The summed E-state index contributed by atoms with van der Waals surface area (Å²) < 4.78 is 61.7. The average molecular weight is 719 g/mol. The first-order valence-corrected chi connectivity index (χ1v) is 16.6. The topological polar surface area (TPSA) is 110 Å². The van der Waals surface area contributed by atoms with E-state index in [9.17, 15) is 31.9 Å². The van der Waals surface area contributed by atoms with E-state index in [1.54, 1.807) is 92.1 Å². The van der Waals surface area contributed by atoms with Gasteiger partial charge < -0.3 is 19.9 Å². The molecular weight excluding hydrogens is 680 g/mol. The molecule has 1 N–H and O–H groups in total.